The monoisotopic (exact) mass is 458 g/mol. The van der Waals surface area contributed by atoms with E-state index in [1.165, 1.54) is 11.1 Å². The van der Waals surface area contributed by atoms with Crippen LogP contribution in [0.3, 0.4) is 0 Å². The summed E-state index contributed by atoms with van der Waals surface area (Å²) >= 11 is 0. The van der Waals surface area contributed by atoms with Gasteiger partial charge in [0.15, 0.2) is 5.69 Å². The first kappa shape index (κ1) is 22.2. The molecule has 0 bridgehead atoms. The first-order chi connectivity index (χ1) is 16.4. The number of ether oxygens (including phenoxy) is 1. The van der Waals surface area contributed by atoms with Gasteiger partial charge in [0.1, 0.15) is 11.3 Å². The molecule has 1 saturated carbocycles. The fourth-order valence-electron chi connectivity index (χ4n) is 5.26. The van der Waals surface area contributed by atoms with Crippen LogP contribution in [0.4, 0.5) is 0 Å². The molecule has 0 aliphatic heterocycles. The third-order valence-corrected chi connectivity index (χ3v) is 7.49. The SMILES string of the molecule is COc1ccc(-n2nc(C(=O)NC3CCCC(C)C3C)c3c4ccccc4n(C)c3c2=O)cc1. The third kappa shape index (κ3) is 3.56. The van der Waals surface area contributed by atoms with Gasteiger partial charge in [-0.3, -0.25) is 9.59 Å². The van der Waals surface area contributed by atoms with Crippen LogP contribution in [0.15, 0.2) is 53.3 Å². The second kappa shape index (κ2) is 8.63. The van der Waals surface area contributed by atoms with E-state index in [1.54, 1.807) is 31.4 Å². The number of aryl methyl sites for hydroxylation is 1. The maximum Gasteiger partial charge on any atom is 0.296 e. The summed E-state index contributed by atoms with van der Waals surface area (Å²) in [6.45, 7) is 4.45. The lowest BCUT2D eigenvalue weighted by molar-refractivity contribution is 0.0886. The molecule has 1 fully saturated rings. The Labute approximate surface area is 198 Å². The first-order valence-electron chi connectivity index (χ1n) is 11.9. The van der Waals surface area contributed by atoms with Gasteiger partial charge < -0.3 is 14.6 Å². The molecule has 2 aromatic carbocycles. The van der Waals surface area contributed by atoms with Crippen LogP contribution in [0.2, 0.25) is 0 Å². The Kier molecular flexibility index (Phi) is 5.63. The maximum atomic E-state index is 13.7. The van der Waals surface area contributed by atoms with Gasteiger partial charge in [0, 0.05) is 29.4 Å². The third-order valence-electron chi connectivity index (χ3n) is 7.49. The zero-order chi connectivity index (χ0) is 24.0. The van der Waals surface area contributed by atoms with Crippen LogP contribution in [0.25, 0.3) is 27.5 Å². The van der Waals surface area contributed by atoms with Gasteiger partial charge in [-0.25, -0.2) is 0 Å². The Morgan fingerprint density at radius 1 is 1.09 bits per heavy atom. The topological polar surface area (TPSA) is 78.2 Å². The fraction of sp³-hybridized carbons (Fsp3) is 0.370. The molecule has 4 aromatic rings. The minimum absolute atomic E-state index is 0.0874. The average Bonchev–Trinajstić information content (AvgIpc) is 3.15. The Morgan fingerprint density at radius 2 is 1.82 bits per heavy atom. The molecule has 1 amide bonds. The standard InChI is InChI=1S/C27H30N4O3/c1-16-8-7-10-21(17(16)2)28-26(32)24-23-20-9-5-6-11-22(20)30(3)25(23)27(33)31(29-24)18-12-14-19(34-4)15-13-18/h5-6,9,11-17,21H,7-8,10H2,1-4H3,(H,28,32). The van der Waals surface area contributed by atoms with Gasteiger partial charge in [0.2, 0.25) is 0 Å². The quantitative estimate of drug-likeness (QED) is 0.490. The van der Waals surface area contributed by atoms with Crippen LogP contribution < -0.4 is 15.6 Å². The molecule has 1 N–H and O–H groups in total. The molecular formula is C27H30N4O3. The van der Waals surface area contributed by atoms with Crippen LogP contribution in [0, 0.1) is 11.8 Å². The number of fused-ring (bicyclic) bond motifs is 3. The van der Waals surface area contributed by atoms with Crippen LogP contribution in [-0.2, 0) is 7.05 Å². The van der Waals surface area contributed by atoms with Crippen molar-refractivity contribution in [1.29, 1.82) is 0 Å². The minimum Gasteiger partial charge on any atom is -0.497 e. The van der Waals surface area contributed by atoms with Crippen molar-refractivity contribution in [3.63, 3.8) is 0 Å². The number of benzene rings is 2. The normalized spacial score (nSPS) is 20.5. The molecule has 34 heavy (non-hydrogen) atoms. The molecule has 0 saturated heterocycles. The zero-order valence-electron chi connectivity index (χ0n) is 20.0. The summed E-state index contributed by atoms with van der Waals surface area (Å²) in [4.78, 5) is 27.4. The van der Waals surface area contributed by atoms with Crippen LogP contribution in [-0.4, -0.2) is 33.4 Å². The predicted octanol–water partition coefficient (Wildman–Crippen LogP) is 4.44. The molecule has 0 spiro atoms. The number of hydrogen-bond acceptors (Lipinski definition) is 4. The molecule has 7 nitrogen and oxygen atoms in total. The van der Waals surface area contributed by atoms with Crippen molar-refractivity contribution in [3.05, 3.63) is 64.6 Å². The van der Waals surface area contributed by atoms with E-state index in [4.69, 9.17) is 4.74 Å². The molecule has 2 aromatic heterocycles. The molecule has 7 heteroatoms. The van der Waals surface area contributed by atoms with E-state index in [-0.39, 0.29) is 23.2 Å². The predicted molar refractivity (Wildman–Crippen MR) is 134 cm³/mol. The second-order valence-electron chi connectivity index (χ2n) is 9.41. The highest BCUT2D eigenvalue weighted by atomic mass is 16.5. The molecule has 0 radical (unpaired) electrons. The van der Waals surface area contributed by atoms with E-state index >= 15 is 0 Å². The summed E-state index contributed by atoms with van der Waals surface area (Å²) < 4.78 is 8.43. The molecule has 176 valence electrons. The largest absolute Gasteiger partial charge is 0.497 e. The number of rotatable bonds is 4. The number of amides is 1. The van der Waals surface area contributed by atoms with E-state index < -0.39 is 0 Å². The van der Waals surface area contributed by atoms with Gasteiger partial charge in [0.05, 0.1) is 12.8 Å². The Bertz CT molecular complexity index is 1430. The van der Waals surface area contributed by atoms with Crippen molar-refractivity contribution in [3.8, 4) is 11.4 Å². The average molecular weight is 459 g/mol. The molecule has 3 unspecified atom stereocenters. The maximum absolute atomic E-state index is 13.7. The van der Waals surface area contributed by atoms with Gasteiger partial charge >= 0.3 is 0 Å². The highest BCUT2D eigenvalue weighted by molar-refractivity contribution is 6.16. The Morgan fingerprint density at radius 3 is 2.56 bits per heavy atom. The molecule has 5 rings (SSSR count). The Balaban J connectivity index is 1.72. The number of nitrogens with zero attached hydrogens (tertiary/aromatic N) is 3. The summed E-state index contributed by atoms with van der Waals surface area (Å²) in [5.74, 6) is 1.38. The van der Waals surface area contributed by atoms with Gasteiger partial charge in [0.25, 0.3) is 11.5 Å². The summed E-state index contributed by atoms with van der Waals surface area (Å²) in [6.07, 6.45) is 3.23. The van der Waals surface area contributed by atoms with E-state index in [0.717, 1.165) is 23.7 Å². The number of carbonyl (C=O) groups excluding carboxylic acids is 1. The molecule has 1 aliphatic carbocycles. The molecule has 2 heterocycles. The van der Waals surface area contributed by atoms with Crippen molar-refractivity contribution in [2.45, 2.75) is 39.2 Å². The highest BCUT2D eigenvalue weighted by Gasteiger charge is 2.30. The van der Waals surface area contributed by atoms with Crippen molar-refractivity contribution >= 4 is 27.7 Å². The number of nitrogens with one attached hydrogen (secondary N) is 1. The van der Waals surface area contributed by atoms with Crippen LogP contribution in [0.5, 0.6) is 5.75 Å². The summed E-state index contributed by atoms with van der Waals surface area (Å²) in [5, 5.41) is 9.34. The van der Waals surface area contributed by atoms with Gasteiger partial charge in [-0.2, -0.15) is 9.78 Å². The van der Waals surface area contributed by atoms with E-state index in [9.17, 15) is 9.59 Å². The number of hydrogen-bond donors (Lipinski definition) is 1. The van der Waals surface area contributed by atoms with Crippen molar-refractivity contribution in [2.24, 2.45) is 18.9 Å². The summed E-state index contributed by atoms with van der Waals surface area (Å²) in [5.41, 5.74) is 1.93. The van der Waals surface area contributed by atoms with E-state index in [2.05, 4.69) is 24.3 Å². The molecule has 3 atom stereocenters. The second-order valence-corrected chi connectivity index (χ2v) is 9.41. The Hall–Kier alpha value is -3.61. The zero-order valence-corrected chi connectivity index (χ0v) is 20.0. The van der Waals surface area contributed by atoms with Crippen molar-refractivity contribution < 1.29 is 9.53 Å². The lowest BCUT2D eigenvalue weighted by atomic mass is 9.78. The lowest BCUT2D eigenvalue weighted by Crippen LogP contribution is -2.44. The minimum atomic E-state index is -0.268. The number of methoxy groups -OCH3 is 1. The number of para-hydroxylation sites is 1. The van der Waals surface area contributed by atoms with Crippen molar-refractivity contribution in [1.82, 2.24) is 19.7 Å². The van der Waals surface area contributed by atoms with Crippen LogP contribution >= 0.6 is 0 Å². The van der Waals surface area contributed by atoms with E-state index in [1.807, 2.05) is 35.9 Å². The van der Waals surface area contributed by atoms with Gasteiger partial charge in [-0.15, -0.1) is 0 Å². The molecule has 1 aliphatic rings. The first-order valence-corrected chi connectivity index (χ1v) is 11.9. The summed E-state index contributed by atoms with van der Waals surface area (Å²) in [6, 6.07) is 14.9. The van der Waals surface area contributed by atoms with Gasteiger partial charge in [-0.05, 0) is 48.6 Å². The fourth-order valence-corrected chi connectivity index (χ4v) is 5.26. The van der Waals surface area contributed by atoms with Gasteiger partial charge in [-0.1, -0.05) is 44.9 Å². The number of carbonyl (C=O) groups is 1. The molecular weight excluding hydrogens is 428 g/mol. The lowest BCUT2D eigenvalue weighted by Gasteiger charge is -2.34. The van der Waals surface area contributed by atoms with Crippen molar-refractivity contribution in [2.75, 3.05) is 7.11 Å². The van der Waals surface area contributed by atoms with E-state index in [0.29, 0.717) is 34.2 Å². The smallest absolute Gasteiger partial charge is 0.296 e. The summed E-state index contributed by atoms with van der Waals surface area (Å²) in [7, 11) is 3.45. The highest BCUT2D eigenvalue weighted by Crippen LogP contribution is 2.31. The van der Waals surface area contributed by atoms with Crippen LogP contribution in [0.1, 0.15) is 43.6 Å². The number of aromatic nitrogens is 3.